The minimum absolute atomic E-state index is 0.0326. The van der Waals surface area contributed by atoms with Crippen molar-refractivity contribution in [1.82, 2.24) is 0 Å². The first-order chi connectivity index (χ1) is 12.4. The van der Waals surface area contributed by atoms with Crippen LogP contribution in [0.5, 0.6) is 0 Å². The molecule has 0 aromatic heterocycles. The number of amides is 2. The number of anilines is 3. The largest absolute Gasteiger partial charge is 0.376 e. The maximum absolute atomic E-state index is 12.2. The first-order valence-corrected chi connectivity index (χ1v) is 8.90. The Kier molecular flexibility index (Phi) is 6.78. The highest BCUT2D eigenvalue weighted by molar-refractivity contribution is 5.95. The Hall–Kier alpha value is -2.82. The summed E-state index contributed by atoms with van der Waals surface area (Å²) >= 11 is 0. The molecule has 0 bridgehead atoms. The number of carbonyl (C=O) groups is 2. The van der Waals surface area contributed by atoms with Crippen molar-refractivity contribution in [3.63, 3.8) is 0 Å². The van der Waals surface area contributed by atoms with Crippen LogP contribution in [0, 0.1) is 5.92 Å². The van der Waals surface area contributed by atoms with E-state index in [4.69, 9.17) is 0 Å². The third kappa shape index (κ3) is 5.62. The zero-order valence-corrected chi connectivity index (χ0v) is 15.8. The van der Waals surface area contributed by atoms with Gasteiger partial charge in [-0.1, -0.05) is 45.9 Å². The molecule has 5 heteroatoms. The Morgan fingerprint density at radius 2 is 1.42 bits per heavy atom. The van der Waals surface area contributed by atoms with Crippen LogP contribution < -0.4 is 16.0 Å². The number of hydrogen-bond acceptors (Lipinski definition) is 3. The molecule has 2 rings (SSSR count). The van der Waals surface area contributed by atoms with Crippen molar-refractivity contribution in [3.05, 3.63) is 54.1 Å². The summed E-state index contributed by atoms with van der Waals surface area (Å²) in [6.07, 6.45) is 0. The SMILES string of the molecule is CC(C)C(=O)Nc1ccc(NC(=O)CNc2ccccc2C(C)C)cc1. The monoisotopic (exact) mass is 353 g/mol. The molecule has 2 aromatic rings. The molecule has 0 saturated carbocycles. The molecule has 0 heterocycles. The Morgan fingerprint density at radius 3 is 2.00 bits per heavy atom. The lowest BCUT2D eigenvalue weighted by Gasteiger charge is -2.14. The summed E-state index contributed by atoms with van der Waals surface area (Å²) in [7, 11) is 0. The van der Waals surface area contributed by atoms with Crippen molar-refractivity contribution in [2.24, 2.45) is 5.92 Å². The molecule has 0 aliphatic carbocycles. The van der Waals surface area contributed by atoms with Crippen molar-refractivity contribution in [2.75, 3.05) is 22.5 Å². The summed E-state index contributed by atoms with van der Waals surface area (Å²) in [5, 5.41) is 8.87. The summed E-state index contributed by atoms with van der Waals surface area (Å²) < 4.78 is 0. The van der Waals surface area contributed by atoms with Crippen LogP contribution in [0.2, 0.25) is 0 Å². The minimum atomic E-state index is -0.123. The van der Waals surface area contributed by atoms with Crippen molar-refractivity contribution in [2.45, 2.75) is 33.6 Å². The van der Waals surface area contributed by atoms with Gasteiger partial charge in [-0.25, -0.2) is 0 Å². The van der Waals surface area contributed by atoms with Crippen molar-refractivity contribution >= 4 is 28.9 Å². The molecule has 3 N–H and O–H groups in total. The normalized spacial score (nSPS) is 10.7. The Morgan fingerprint density at radius 1 is 0.846 bits per heavy atom. The van der Waals surface area contributed by atoms with Gasteiger partial charge in [0, 0.05) is 23.0 Å². The standard InChI is InChI=1S/C21H27N3O2/c1-14(2)18-7-5-6-8-19(18)22-13-20(25)23-16-9-11-17(12-10-16)24-21(26)15(3)4/h5-12,14-15,22H,13H2,1-4H3,(H,23,25)(H,24,26). The predicted octanol–water partition coefficient (Wildman–Crippen LogP) is 4.46. The van der Waals surface area contributed by atoms with Crippen LogP contribution in [0.3, 0.4) is 0 Å². The molecule has 0 aliphatic heterocycles. The fraction of sp³-hybridized carbons (Fsp3) is 0.333. The summed E-state index contributed by atoms with van der Waals surface area (Å²) in [4.78, 5) is 23.9. The molecule has 0 spiro atoms. The Labute approximate surface area is 155 Å². The number of benzene rings is 2. The van der Waals surface area contributed by atoms with Gasteiger partial charge in [0.2, 0.25) is 11.8 Å². The van der Waals surface area contributed by atoms with E-state index in [1.54, 1.807) is 24.3 Å². The first-order valence-electron chi connectivity index (χ1n) is 8.90. The van der Waals surface area contributed by atoms with Crippen LogP contribution in [0.1, 0.15) is 39.2 Å². The van der Waals surface area contributed by atoms with Gasteiger partial charge in [0.05, 0.1) is 6.54 Å². The van der Waals surface area contributed by atoms with Crippen LogP contribution >= 0.6 is 0 Å². The molecule has 138 valence electrons. The van der Waals surface area contributed by atoms with Crippen LogP contribution in [0.25, 0.3) is 0 Å². The van der Waals surface area contributed by atoms with Gasteiger partial charge in [0.25, 0.3) is 0 Å². The number of para-hydroxylation sites is 1. The van der Waals surface area contributed by atoms with Gasteiger partial charge in [-0.3, -0.25) is 9.59 Å². The zero-order valence-electron chi connectivity index (χ0n) is 15.8. The van der Waals surface area contributed by atoms with Crippen molar-refractivity contribution < 1.29 is 9.59 Å². The molecular weight excluding hydrogens is 326 g/mol. The molecule has 26 heavy (non-hydrogen) atoms. The highest BCUT2D eigenvalue weighted by Gasteiger charge is 2.09. The number of hydrogen-bond donors (Lipinski definition) is 3. The minimum Gasteiger partial charge on any atom is -0.376 e. The fourth-order valence-electron chi connectivity index (χ4n) is 2.47. The average molecular weight is 353 g/mol. The molecular formula is C21H27N3O2. The summed E-state index contributed by atoms with van der Waals surface area (Å²) in [5.74, 6) is 0.154. The van der Waals surface area contributed by atoms with E-state index in [0.29, 0.717) is 17.3 Å². The number of rotatable bonds is 7. The lowest BCUT2D eigenvalue weighted by atomic mass is 10.0. The number of carbonyl (C=O) groups excluding carboxylic acids is 2. The van der Waals surface area contributed by atoms with Crippen LogP contribution in [0.15, 0.2) is 48.5 Å². The molecule has 0 fully saturated rings. The van der Waals surface area contributed by atoms with E-state index in [1.165, 1.54) is 5.56 Å². The zero-order chi connectivity index (χ0) is 19.1. The van der Waals surface area contributed by atoms with Gasteiger partial charge < -0.3 is 16.0 Å². The second-order valence-corrected chi connectivity index (χ2v) is 6.86. The second kappa shape index (κ2) is 9.04. The molecule has 0 aliphatic rings. The van der Waals surface area contributed by atoms with Gasteiger partial charge in [-0.15, -0.1) is 0 Å². The summed E-state index contributed by atoms with van der Waals surface area (Å²) in [6, 6.07) is 15.1. The molecule has 0 radical (unpaired) electrons. The van der Waals surface area contributed by atoms with E-state index < -0.39 is 0 Å². The fourth-order valence-corrected chi connectivity index (χ4v) is 2.47. The predicted molar refractivity (Wildman–Crippen MR) is 108 cm³/mol. The summed E-state index contributed by atoms with van der Waals surface area (Å²) in [5.41, 5.74) is 3.57. The van der Waals surface area contributed by atoms with Crippen LogP contribution in [-0.2, 0) is 9.59 Å². The van der Waals surface area contributed by atoms with Gasteiger partial charge in [0.1, 0.15) is 0 Å². The molecule has 0 atom stereocenters. The highest BCUT2D eigenvalue weighted by atomic mass is 16.2. The van der Waals surface area contributed by atoms with E-state index in [2.05, 4.69) is 35.9 Å². The second-order valence-electron chi connectivity index (χ2n) is 6.86. The third-order valence-corrected chi connectivity index (χ3v) is 3.98. The quantitative estimate of drug-likeness (QED) is 0.688. The summed E-state index contributed by atoms with van der Waals surface area (Å²) in [6.45, 7) is 8.12. The van der Waals surface area contributed by atoms with Crippen molar-refractivity contribution in [1.29, 1.82) is 0 Å². The lowest BCUT2D eigenvalue weighted by Crippen LogP contribution is -2.22. The number of nitrogens with one attached hydrogen (secondary N) is 3. The molecule has 0 saturated heterocycles. The third-order valence-electron chi connectivity index (χ3n) is 3.98. The smallest absolute Gasteiger partial charge is 0.243 e. The van der Waals surface area contributed by atoms with Crippen LogP contribution in [-0.4, -0.2) is 18.4 Å². The van der Waals surface area contributed by atoms with Gasteiger partial charge in [-0.2, -0.15) is 0 Å². The van der Waals surface area contributed by atoms with E-state index in [-0.39, 0.29) is 24.3 Å². The topological polar surface area (TPSA) is 70.2 Å². The highest BCUT2D eigenvalue weighted by Crippen LogP contribution is 2.23. The molecule has 2 amide bonds. The van der Waals surface area contributed by atoms with E-state index in [0.717, 1.165) is 5.69 Å². The van der Waals surface area contributed by atoms with Gasteiger partial charge >= 0.3 is 0 Å². The first kappa shape index (κ1) is 19.5. The maximum Gasteiger partial charge on any atom is 0.243 e. The van der Waals surface area contributed by atoms with Crippen molar-refractivity contribution in [3.8, 4) is 0 Å². The average Bonchev–Trinajstić information content (AvgIpc) is 2.61. The molecule has 5 nitrogen and oxygen atoms in total. The van der Waals surface area contributed by atoms with Gasteiger partial charge in [-0.05, 0) is 41.8 Å². The lowest BCUT2D eigenvalue weighted by molar-refractivity contribution is -0.119. The van der Waals surface area contributed by atoms with E-state index in [9.17, 15) is 9.59 Å². The van der Waals surface area contributed by atoms with Gasteiger partial charge in [0.15, 0.2) is 0 Å². The maximum atomic E-state index is 12.2. The Bertz CT molecular complexity index is 752. The Balaban J connectivity index is 1.89. The van der Waals surface area contributed by atoms with E-state index in [1.807, 2.05) is 32.0 Å². The van der Waals surface area contributed by atoms with E-state index >= 15 is 0 Å². The van der Waals surface area contributed by atoms with Crippen LogP contribution in [0.4, 0.5) is 17.1 Å². The molecule has 0 unspecified atom stereocenters. The molecule has 2 aromatic carbocycles.